The largest absolute Gasteiger partial charge is 0.478 e. The zero-order valence-corrected chi connectivity index (χ0v) is 27.6. The van der Waals surface area contributed by atoms with Crippen LogP contribution in [-0.4, -0.2) is 49.1 Å². The zero-order chi connectivity index (χ0) is 33.8. The van der Waals surface area contributed by atoms with Crippen LogP contribution in [0.15, 0.2) is 72.8 Å². The molecule has 0 saturated carbocycles. The number of hydrogen-bond acceptors (Lipinski definition) is 5. The Morgan fingerprint density at radius 2 is 1.06 bits per heavy atom. The van der Waals surface area contributed by atoms with Gasteiger partial charge in [-0.05, 0) is 120 Å². The first-order chi connectivity index (χ1) is 22.6. The van der Waals surface area contributed by atoms with Gasteiger partial charge in [-0.3, -0.25) is 9.59 Å². The predicted octanol–water partition coefficient (Wildman–Crippen LogP) is 7.41. The monoisotopic (exact) mass is 632 g/mol. The van der Waals surface area contributed by atoms with Crippen molar-refractivity contribution in [1.29, 1.82) is 0 Å². The van der Waals surface area contributed by atoms with Gasteiger partial charge in [0.05, 0.1) is 18.2 Å². The molecule has 0 radical (unpaired) electrons. The van der Waals surface area contributed by atoms with Gasteiger partial charge in [-0.25, -0.2) is 9.59 Å². The molecule has 2 aliphatic rings. The lowest BCUT2D eigenvalue weighted by molar-refractivity contribution is -0.119. The van der Waals surface area contributed by atoms with E-state index < -0.39 is 5.97 Å². The molecule has 0 fully saturated rings. The van der Waals surface area contributed by atoms with E-state index in [0.29, 0.717) is 18.4 Å². The fourth-order valence-corrected chi connectivity index (χ4v) is 6.30. The van der Waals surface area contributed by atoms with E-state index in [1.807, 2.05) is 54.8 Å². The van der Waals surface area contributed by atoms with Gasteiger partial charge in [0.2, 0.25) is 11.8 Å². The molecule has 47 heavy (non-hydrogen) atoms. The third kappa shape index (κ3) is 6.82. The number of esters is 1. The summed E-state index contributed by atoms with van der Waals surface area (Å²) < 4.78 is 4.73. The highest BCUT2D eigenvalue weighted by Crippen LogP contribution is 2.37. The second kappa shape index (κ2) is 14.0. The first kappa shape index (κ1) is 33.1. The smallest absolute Gasteiger partial charge is 0.337 e. The van der Waals surface area contributed by atoms with Gasteiger partial charge in [0.25, 0.3) is 0 Å². The molecule has 0 aliphatic carbocycles. The summed E-state index contributed by atoms with van der Waals surface area (Å²) in [6.07, 6.45) is 2.78. The van der Waals surface area contributed by atoms with Crippen molar-refractivity contribution < 1.29 is 29.0 Å². The van der Waals surface area contributed by atoms with Crippen LogP contribution in [0.5, 0.6) is 0 Å². The molecule has 0 bridgehead atoms. The van der Waals surface area contributed by atoms with E-state index in [1.54, 1.807) is 24.3 Å². The van der Waals surface area contributed by atoms with Gasteiger partial charge < -0.3 is 19.6 Å². The summed E-state index contributed by atoms with van der Waals surface area (Å²) in [4.78, 5) is 50.3. The molecular weight excluding hydrogens is 592 g/mol. The number of nitrogens with zero attached hydrogens (tertiary/aromatic N) is 2. The van der Waals surface area contributed by atoms with E-state index >= 15 is 0 Å². The summed E-state index contributed by atoms with van der Waals surface area (Å²) in [6.45, 7) is 9.34. The van der Waals surface area contributed by atoms with Crippen LogP contribution < -0.4 is 9.80 Å². The van der Waals surface area contributed by atoms with E-state index in [-0.39, 0.29) is 23.3 Å². The number of aryl methyl sites for hydroxylation is 2. The fraction of sp³-hybridized carbons (Fsp3) is 0.282. The Kier molecular flexibility index (Phi) is 9.89. The zero-order valence-electron chi connectivity index (χ0n) is 27.6. The second-order valence-electron chi connectivity index (χ2n) is 11.8. The molecule has 0 saturated heterocycles. The van der Waals surface area contributed by atoms with Crippen molar-refractivity contribution in [2.45, 2.75) is 53.4 Å². The first-order valence-electron chi connectivity index (χ1n) is 16.0. The summed E-state index contributed by atoms with van der Waals surface area (Å²) in [6, 6.07) is 22.8. The molecule has 0 unspecified atom stereocenters. The lowest BCUT2D eigenvalue weighted by Crippen LogP contribution is -2.27. The molecule has 0 atom stereocenters. The average Bonchev–Trinajstić information content (AvgIpc) is 3.70. The molecule has 6 rings (SSSR count). The standard InChI is InChI=1S/C20H21NO3.C19H19NO3/c1-4-19(22)21-10-9-16-12-17(13(2)11-18(16)21)14-5-7-15(8-6-14)20(23)24-3;1-3-18(21)20-9-8-15-11-16(12(2)10-17(15)20)13-4-6-14(7-5-13)19(22)23/h5-8,11-12H,4,9-10H2,1-3H3;4-7,10-11H,3,8-9H2,1-2H3,(H,22,23). The molecule has 1 N–H and O–H groups in total. The van der Waals surface area contributed by atoms with Crippen molar-refractivity contribution in [3.05, 3.63) is 106 Å². The number of carboxylic acid groups (broad SMARTS) is 1. The molecule has 242 valence electrons. The van der Waals surface area contributed by atoms with Crippen LogP contribution >= 0.6 is 0 Å². The highest BCUT2D eigenvalue weighted by Gasteiger charge is 2.26. The fourth-order valence-electron chi connectivity index (χ4n) is 6.30. The molecule has 4 aromatic rings. The van der Waals surface area contributed by atoms with E-state index in [4.69, 9.17) is 9.84 Å². The number of carboxylic acids is 1. The number of hydrogen-bond donors (Lipinski definition) is 1. The topological polar surface area (TPSA) is 104 Å². The van der Waals surface area contributed by atoms with Gasteiger partial charge in [-0.2, -0.15) is 0 Å². The maximum atomic E-state index is 12.1. The number of rotatable bonds is 6. The Bertz CT molecular complexity index is 1840. The normalized spacial score (nSPS) is 13.0. The molecule has 4 aromatic carbocycles. The van der Waals surface area contributed by atoms with E-state index in [0.717, 1.165) is 70.7 Å². The number of carbonyl (C=O) groups excluding carboxylic acids is 3. The van der Waals surface area contributed by atoms with Crippen LogP contribution in [0.4, 0.5) is 11.4 Å². The minimum atomic E-state index is -0.920. The van der Waals surface area contributed by atoms with E-state index in [1.165, 1.54) is 18.2 Å². The molecule has 2 amide bonds. The van der Waals surface area contributed by atoms with Crippen molar-refractivity contribution in [1.82, 2.24) is 0 Å². The minimum absolute atomic E-state index is 0.154. The number of benzene rings is 4. The number of amides is 2. The van der Waals surface area contributed by atoms with Crippen molar-refractivity contribution in [3.63, 3.8) is 0 Å². The first-order valence-corrected chi connectivity index (χ1v) is 16.0. The molecule has 2 aliphatic heterocycles. The van der Waals surface area contributed by atoms with Crippen molar-refractivity contribution >= 4 is 35.1 Å². The number of fused-ring (bicyclic) bond motifs is 2. The van der Waals surface area contributed by atoms with Crippen molar-refractivity contribution in [2.24, 2.45) is 0 Å². The van der Waals surface area contributed by atoms with Crippen molar-refractivity contribution in [2.75, 3.05) is 30.0 Å². The molecule has 8 nitrogen and oxygen atoms in total. The molecule has 8 heteroatoms. The number of methoxy groups -OCH3 is 1. The van der Waals surface area contributed by atoms with Crippen LogP contribution in [0.2, 0.25) is 0 Å². The molecular formula is C39H40N2O6. The SMILES string of the molecule is CCC(=O)N1CCc2cc(-c3ccc(C(=O)O)cc3)c(C)cc21.CCC(=O)N1CCc2cc(-c3ccc(C(=O)OC)cc3)c(C)cc21. The van der Waals surface area contributed by atoms with Crippen LogP contribution in [0, 0.1) is 13.8 Å². The Balaban J connectivity index is 0.000000185. The molecule has 0 aromatic heterocycles. The number of carbonyl (C=O) groups is 4. The quantitative estimate of drug-likeness (QED) is 0.222. The Hall–Kier alpha value is -5.24. The number of aromatic carboxylic acids is 1. The van der Waals surface area contributed by atoms with Crippen LogP contribution in [0.3, 0.4) is 0 Å². The van der Waals surface area contributed by atoms with Crippen LogP contribution in [0.25, 0.3) is 22.3 Å². The van der Waals surface area contributed by atoms with Crippen molar-refractivity contribution in [3.8, 4) is 22.3 Å². The maximum absolute atomic E-state index is 12.1. The molecule has 2 heterocycles. The third-order valence-corrected chi connectivity index (χ3v) is 8.91. The second-order valence-corrected chi connectivity index (χ2v) is 11.8. The Labute approximate surface area is 275 Å². The lowest BCUT2D eigenvalue weighted by Gasteiger charge is -2.18. The summed E-state index contributed by atoms with van der Waals surface area (Å²) in [5, 5.41) is 8.99. The van der Waals surface area contributed by atoms with Gasteiger partial charge >= 0.3 is 11.9 Å². The molecule has 0 spiro atoms. The number of ether oxygens (including phenoxy) is 1. The van der Waals surface area contributed by atoms with E-state index in [9.17, 15) is 19.2 Å². The lowest BCUT2D eigenvalue weighted by atomic mass is 9.96. The predicted molar refractivity (Wildman–Crippen MR) is 184 cm³/mol. The van der Waals surface area contributed by atoms with Crippen LogP contribution in [0.1, 0.15) is 69.7 Å². The summed E-state index contributed by atoms with van der Waals surface area (Å²) in [5.74, 6) is -0.929. The summed E-state index contributed by atoms with van der Waals surface area (Å²) in [7, 11) is 1.38. The average molecular weight is 633 g/mol. The van der Waals surface area contributed by atoms with Gasteiger partial charge in [0.1, 0.15) is 0 Å². The van der Waals surface area contributed by atoms with Crippen LogP contribution in [-0.2, 0) is 27.2 Å². The minimum Gasteiger partial charge on any atom is -0.478 e. The highest BCUT2D eigenvalue weighted by molar-refractivity contribution is 5.97. The number of anilines is 2. The Morgan fingerprint density at radius 1 is 0.660 bits per heavy atom. The van der Waals surface area contributed by atoms with Gasteiger partial charge in [-0.15, -0.1) is 0 Å². The Morgan fingerprint density at radius 3 is 1.43 bits per heavy atom. The van der Waals surface area contributed by atoms with Gasteiger partial charge in [-0.1, -0.05) is 38.1 Å². The van der Waals surface area contributed by atoms with Gasteiger partial charge in [0, 0.05) is 37.3 Å². The highest BCUT2D eigenvalue weighted by atomic mass is 16.5. The summed E-state index contributed by atoms with van der Waals surface area (Å²) >= 11 is 0. The summed E-state index contributed by atoms with van der Waals surface area (Å²) in [5.41, 5.74) is 11.7. The van der Waals surface area contributed by atoms with E-state index in [2.05, 4.69) is 31.2 Å². The maximum Gasteiger partial charge on any atom is 0.337 e. The third-order valence-electron chi connectivity index (χ3n) is 8.91. The van der Waals surface area contributed by atoms with Gasteiger partial charge in [0.15, 0.2) is 0 Å².